The Balaban J connectivity index is 1.67. The van der Waals surface area contributed by atoms with Gasteiger partial charge in [-0.3, -0.25) is 4.79 Å². The molecule has 0 aliphatic carbocycles. The van der Waals surface area contributed by atoms with Gasteiger partial charge in [-0.05, 0) is 42.0 Å². The summed E-state index contributed by atoms with van der Waals surface area (Å²) in [5.74, 6) is -0.407. The maximum absolute atomic E-state index is 12.8. The predicted octanol–water partition coefficient (Wildman–Crippen LogP) is 2.83. The summed E-state index contributed by atoms with van der Waals surface area (Å²) in [7, 11) is -2.40. The molecule has 0 unspecified atom stereocenters. The predicted molar refractivity (Wildman–Crippen MR) is 103 cm³/mol. The number of ether oxygens (including phenoxy) is 2. The normalized spacial score (nSPS) is 17.4. The molecule has 0 spiro atoms. The van der Waals surface area contributed by atoms with Gasteiger partial charge in [-0.2, -0.15) is 13.1 Å². The van der Waals surface area contributed by atoms with Crippen LogP contribution in [0.25, 0.3) is 0 Å². The molecule has 1 N–H and O–H groups in total. The second kappa shape index (κ2) is 9.06. The molecule has 1 atom stereocenters. The zero-order chi connectivity index (χ0) is 21.0. The van der Waals surface area contributed by atoms with Gasteiger partial charge in [-0.1, -0.05) is 12.1 Å². The highest BCUT2D eigenvalue weighted by Gasteiger charge is 2.39. The fourth-order valence-electron chi connectivity index (χ4n) is 3.14. The Labute approximate surface area is 171 Å². The van der Waals surface area contributed by atoms with Crippen molar-refractivity contribution in [3.8, 4) is 11.5 Å². The molecule has 0 radical (unpaired) electrons. The minimum atomic E-state index is -3.72. The Morgan fingerprint density at radius 3 is 2.79 bits per heavy atom. The second-order valence-electron chi connectivity index (χ2n) is 6.29. The maximum atomic E-state index is 12.8. The molecule has 1 fully saturated rings. The van der Waals surface area contributed by atoms with Crippen LogP contribution in [0, 0.1) is 0 Å². The Kier molecular flexibility index (Phi) is 6.70. The lowest BCUT2D eigenvalue weighted by molar-refractivity contribution is -0.124. The van der Waals surface area contributed by atoms with E-state index >= 15 is 0 Å². The van der Waals surface area contributed by atoms with Crippen LogP contribution in [0.1, 0.15) is 18.4 Å². The average Bonchev–Trinajstić information content (AvgIpc) is 3.38. The number of sulfonamides is 1. The summed E-state index contributed by atoms with van der Waals surface area (Å²) in [5, 5.41) is 4.39. The van der Waals surface area contributed by atoms with Gasteiger partial charge >= 0.3 is 6.61 Å². The Bertz CT molecular complexity index is 951. The molecule has 7 nitrogen and oxygen atoms in total. The summed E-state index contributed by atoms with van der Waals surface area (Å²) in [6.07, 6.45) is 1.02. The molecular weight excluding hydrogens is 426 g/mol. The fraction of sp³-hybridized carbons (Fsp3) is 0.389. The van der Waals surface area contributed by atoms with Gasteiger partial charge in [0.25, 0.3) is 10.0 Å². The zero-order valence-electron chi connectivity index (χ0n) is 15.5. The van der Waals surface area contributed by atoms with E-state index in [0.717, 1.165) is 11.3 Å². The van der Waals surface area contributed by atoms with Crippen LogP contribution in [0.15, 0.2) is 39.9 Å². The number of rotatable bonds is 8. The van der Waals surface area contributed by atoms with Crippen LogP contribution >= 0.6 is 11.3 Å². The van der Waals surface area contributed by atoms with Crippen LogP contribution < -0.4 is 14.8 Å². The highest BCUT2D eigenvalue weighted by Crippen LogP contribution is 2.30. The minimum Gasteiger partial charge on any atom is -0.493 e. The van der Waals surface area contributed by atoms with Crippen molar-refractivity contribution in [3.05, 3.63) is 41.3 Å². The number of alkyl halides is 2. The van der Waals surface area contributed by atoms with E-state index < -0.39 is 28.6 Å². The number of benzene rings is 1. The summed E-state index contributed by atoms with van der Waals surface area (Å²) in [6.45, 7) is -2.60. The van der Waals surface area contributed by atoms with Crippen molar-refractivity contribution in [2.75, 3.05) is 13.7 Å². The van der Waals surface area contributed by atoms with E-state index in [1.807, 2.05) is 0 Å². The van der Waals surface area contributed by atoms with Crippen molar-refractivity contribution >= 4 is 27.3 Å². The van der Waals surface area contributed by atoms with Gasteiger partial charge in [0.1, 0.15) is 10.3 Å². The standard InChI is InChI=1S/C18H20F2N2O5S2/c1-26-15-10-12(6-7-14(15)27-18(19)20)11-21-17(23)13-4-2-8-22(13)29(24,25)16-5-3-9-28-16/h3,5-7,9-10,13,18H,2,4,8,11H2,1H3,(H,21,23)/t13-/m1/s1. The molecule has 1 saturated heterocycles. The van der Waals surface area contributed by atoms with Gasteiger partial charge in [-0.25, -0.2) is 8.42 Å². The van der Waals surface area contributed by atoms with Crippen molar-refractivity contribution in [1.82, 2.24) is 9.62 Å². The van der Waals surface area contributed by atoms with E-state index in [9.17, 15) is 22.0 Å². The Hall–Kier alpha value is -2.24. The average molecular weight is 446 g/mol. The molecule has 3 rings (SSSR count). The van der Waals surface area contributed by atoms with Crippen molar-refractivity contribution in [2.24, 2.45) is 0 Å². The van der Waals surface area contributed by atoms with Crippen molar-refractivity contribution in [1.29, 1.82) is 0 Å². The molecule has 11 heteroatoms. The molecule has 1 aliphatic heterocycles. The number of nitrogens with zero attached hydrogens (tertiary/aromatic N) is 1. The molecule has 1 amide bonds. The smallest absolute Gasteiger partial charge is 0.387 e. The number of halogens is 2. The molecule has 1 aromatic heterocycles. The van der Waals surface area contributed by atoms with Gasteiger partial charge in [0.15, 0.2) is 11.5 Å². The molecule has 1 aliphatic rings. The number of amides is 1. The molecule has 2 heterocycles. The molecule has 2 aromatic rings. The summed E-state index contributed by atoms with van der Waals surface area (Å²) < 4.78 is 61.2. The third kappa shape index (κ3) is 4.85. The van der Waals surface area contributed by atoms with E-state index in [1.54, 1.807) is 11.4 Å². The van der Waals surface area contributed by atoms with Crippen LogP contribution in [0.4, 0.5) is 8.78 Å². The van der Waals surface area contributed by atoms with Crippen LogP contribution in [-0.4, -0.2) is 44.9 Å². The third-order valence-electron chi connectivity index (χ3n) is 4.48. The number of hydrogen-bond donors (Lipinski definition) is 1. The number of carbonyl (C=O) groups excluding carboxylic acids is 1. The van der Waals surface area contributed by atoms with E-state index in [4.69, 9.17) is 4.74 Å². The van der Waals surface area contributed by atoms with E-state index in [0.29, 0.717) is 18.4 Å². The topological polar surface area (TPSA) is 84.9 Å². The van der Waals surface area contributed by atoms with Crippen LogP contribution in [-0.2, 0) is 21.4 Å². The number of carbonyl (C=O) groups is 1. The lowest BCUT2D eigenvalue weighted by atomic mass is 10.1. The summed E-state index contributed by atoms with van der Waals surface area (Å²) in [4.78, 5) is 12.6. The van der Waals surface area contributed by atoms with Crippen molar-refractivity contribution < 1.29 is 31.5 Å². The lowest BCUT2D eigenvalue weighted by Gasteiger charge is -2.22. The van der Waals surface area contributed by atoms with Gasteiger partial charge in [-0.15, -0.1) is 11.3 Å². The molecule has 0 saturated carbocycles. The first-order valence-corrected chi connectivity index (χ1v) is 11.1. The number of nitrogens with one attached hydrogen (secondary N) is 1. The largest absolute Gasteiger partial charge is 0.493 e. The van der Waals surface area contributed by atoms with E-state index in [2.05, 4.69) is 10.1 Å². The summed E-state index contributed by atoms with van der Waals surface area (Å²) in [6, 6.07) is 6.71. The third-order valence-corrected chi connectivity index (χ3v) is 7.76. The summed E-state index contributed by atoms with van der Waals surface area (Å²) >= 11 is 1.11. The second-order valence-corrected chi connectivity index (χ2v) is 9.35. The van der Waals surface area contributed by atoms with Gasteiger partial charge in [0, 0.05) is 13.1 Å². The molecule has 1 aromatic carbocycles. The SMILES string of the molecule is COc1cc(CNC(=O)[C@H]2CCCN2S(=O)(=O)c2cccs2)ccc1OC(F)F. The fourth-order valence-corrected chi connectivity index (χ4v) is 5.91. The molecule has 0 bridgehead atoms. The quantitative estimate of drug-likeness (QED) is 0.674. The minimum absolute atomic E-state index is 0.0908. The molecular formula is C18H20F2N2O5S2. The number of methoxy groups -OCH3 is 1. The van der Waals surface area contributed by atoms with Gasteiger partial charge in [0.2, 0.25) is 5.91 Å². The molecule has 158 valence electrons. The van der Waals surface area contributed by atoms with Crippen molar-refractivity contribution in [3.63, 3.8) is 0 Å². The maximum Gasteiger partial charge on any atom is 0.387 e. The highest BCUT2D eigenvalue weighted by molar-refractivity contribution is 7.91. The van der Waals surface area contributed by atoms with Gasteiger partial charge < -0.3 is 14.8 Å². The summed E-state index contributed by atoms with van der Waals surface area (Å²) in [5.41, 5.74) is 0.600. The van der Waals surface area contributed by atoms with Gasteiger partial charge in [0.05, 0.1) is 7.11 Å². The van der Waals surface area contributed by atoms with E-state index in [1.165, 1.54) is 35.7 Å². The Morgan fingerprint density at radius 1 is 1.34 bits per heavy atom. The van der Waals surface area contributed by atoms with E-state index in [-0.39, 0.29) is 28.8 Å². The van der Waals surface area contributed by atoms with Crippen LogP contribution in [0.3, 0.4) is 0 Å². The highest BCUT2D eigenvalue weighted by atomic mass is 32.2. The Morgan fingerprint density at radius 2 is 2.14 bits per heavy atom. The molecule has 29 heavy (non-hydrogen) atoms. The monoisotopic (exact) mass is 446 g/mol. The first-order chi connectivity index (χ1) is 13.8. The first-order valence-electron chi connectivity index (χ1n) is 8.77. The lowest BCUT2D eigenvalue weighted by Crippen LogP contribution is -2.45. The number of hydrogen-bond acceptors (Lipinski definition) is 6. The van der Waals surface area contributed by atoms with Crippen LogP contribution in [0.5, 0.6) is 11.5 Å². The zero-order valence-corrected chi connectivity index (χ0v) is 17.1. The number of thiophene rings is 1. The first kappa shape index (κ1) is 21.5. The van der Waals surface area contributed by atoms with Crippen LogP contribution in [0.2, 0.25) is 0 Å². The van der Waals surface area contributed by atoms with Crippen molar-refractivity contribution in [2.45, 2.75) is 36.2 Å².